The molecule has 0 saturated heterocycles. The molecule has 0 aliphatic carbocycles. The van der Waals surface area contributed by atoms with Gasteiger partial charge in [0.2, 0.25) is 0 Å². The molecular formula is C22H51N9. The van der Waals surface area contributed by atoms with E-state index in [1.54, 1.807) is 7.05 Å². The second-order valence-electron chi connectivity index (χ2n) is 6.44. The molecule has 9 heteroatoms. The molecule has 31 heavy (non-hydrogen) atoms. The molecule has 0 aliphatic rings. The number of aromatic nitrogens is 9. The van der Waals surface area contributed by atoms with Crippen molar-refractivity contribution < 1.29 is 0 Å². The van der Waals surface area contributed by atoms with Crippen molar-refractivity contribution in [1.29, 1.82) is 0 Å². The molecule has 3 aromatic rings. The standard InChI is InChI=1S/C7H11N.C5H10N4.C4H8N4.C2H6.4CH4/c1-7(2)8-5-3-4-6-8;1-4(2)5-6-8-9(3)7-5;1-3(2)4-5-7-8-6-4;1-2;;;;/h3-7H,1-2H3;4H,1-3H3;3H,1-2H3,(H,5,6,7,8);1-2H3;4*1H4. The average Bonchev–Trinajstić information content (AvgIpc) is 3.39. The van der Waals surface area contributed by atoms with Gasteiger partial charge >= 0.3 is 0 Å². The largest absolute Gasteiger partial charge is 0.352 e. The van der Waals surface area contributed by atoms with E-state index in [9.17, 15) is 0 Å². The number of aromatic amines is 1. The highest BCUT2D eigenvalue weighted by atomic mass is 15.6. The van der Waals surface area contributed by atoms with Crippen LogP contribution in [0.15, 0.2) is 24.5 Å². The van der Waals surface area contributed by atoms with E-state index in [1.807, 2.05) is 53.7 Å². The summed E-state index contributed by atoms with van der Waals surface area (Å²) in [5.74, 6) is 2.31. The van der Waals surface area contributed by atoms with Crippen LogP contribution in [-0.2, 0) is 7.05 Å². The minimum absolute atomic E-state index is 0. The number of H-pyrrole nitrogens is 1. The van der Waals surface area contributed by atoms with Crippen molar-refractivity contribution in [1.82, 2.24) is 45.4 Å². The van der Waals surface area contributed by atoms with Crippen LogP contribution in [-0.4, -0.2) is 45.4 Å². The average molecular weight is 442 g/mol. The van der Waals surface area contributed by atoms with Crippen LogP contribution < -0.4 is 0 Å². The van der Waals surface area contributed by atoms with Crippen molar-refractivity contribution >= 4 is 0 Å². The SMILES string of the molecule is C.C.C.C.CC.CC(C)c1nn[nH]n1.CC(C)c1nnn(C)n1.CC(C)n1cccc1. The molecule has 0 fully saturated rings. The summed E-state index contributed by atoms with van der Waals surface area (Å²) in [5, 5.41) is 24.8. The summed E-state index contributed by atoms with van der Waals surface area (Å²) in [6, 6.07) is 4.69. The minimum Gasteiger partial charge on any atom is -0.352 e. The van der Waals surface area contributed by atoms with Crippen LogP contribution in [0.2, 0.25) is 0 Å². The number of aryl methyl sites for hydroxylation is 1. The van der Waals surface area contributed by atoms with E-state index in [4.69, 9.17) is 0 Å². The topological polar surface area (TPSA) is 103 Å². The first-order valence-corrected chi connectivity index (χ1v) is 9.40. The Morgan fingerprint density at radius 2 is 1.26 bits per heavy atom. The molecule has 0 spiro atoms. The van der Waals surface area contributed by atoms with Gasteiger partial charge in [0, 0.05) is 30.3 Å². The van der Waals surface area contributed by atoms with Crippen LogP contribution in [0.25, 0.3) is 0 Å². The van der Waals surface area contributed by atoms with E-state index in [0.717, 1.165) is 11.6 Å². The molecule has 0 saturated carbocycles. The van der Waals surface area contributed by atoms with E-state index in [1.165, 1.54) is 4.80 Å². The Kier molecular flexibility index (Phi) is 27.8. The maximum atomic E-state index is 4.00. The monoisotopic (exact) mass is 441 g/mol. The Morgan fingerprint density at radius 1 is 0.774 bits per heavy atom. The Hall–Kier alpha value is -2.58. The summed E-state index contributed by atoms with van der Waals surface area (Å²) in [6.45, 7) is 16.4. The smallest absolute Gasteiger partial charge is 0.177 e. The lowest BCUT2D eigenvalue weighted by atomic mass is 10.2. The Balaban J connectivity index is -0.0000000987. The van der Waals surface area contributed by atoms with Gasteiger partial charge in [-0.2, -0.15) is 10.0 Å². The molecule has 0 atom stereocenters. The first-order valence-electron chi connectivity index (χ1n) is 9.40. The summed E-state index contributed by atoms with van der Waals surface area (Å²) in [5.41, 5.74) is 0. The van der Waals surface area contributed by atoms with Crippen LogP contribution in [0, 0.1) is 0 Å². The lowest BCUT2D eigenvalue weighted by molar-refractivity contribution is 0.604. The molecule has 0 aromatic carbocycles. The molecule has 0 amide bonds. The van der Waals surface area contributed by atoms with E-state index >= 15 is 0 Å². The fourth-order valence-corrected chi connectivity index (χ4v) is 1.64. The van der Waals surface area contributed by atoms with Gasteiger partial charge in [-0.05, 0) is 31.2 Å². The molecule has 0 aliphatic heterocycles. The van der Waals surface area contributed by atoms with E-state index in [2.05, 4.69) is 66.8 Å². The normalized spacial score (nSPS) is 8.65. The predicted octanol–water partition coefficient (Wildman–Crippen LogP) is 6.30. The second kappa shape index (κ2) is 22.1. The maximum absolute atomic E-state index is 4.00. The molecule has 3 heterocycles. The van der Waals surface area contributed by atoms with Crippen molar-refractivity contribution in [3.63, 3.8) is 0 Å². The van der Waals surface area contributed by atoms with Gasteiger partial charge in [0.15, 0.2) is 11.6 Å². The van der Waals surface area contributed by atoms with E-state index in [0.29, 0.717) is 17.9 Å². The van der Waals surface area contributed by atoms with Crippen LogP contribution in [0.3, 0.4) is 0 Å². The first kappa shape index (κ1) is 39.0. The first-order chi connectivity index (χ1) is 12.8. The number of nitrogens with one attached hydrogen (secondary N) is 1. The molecule has 3 rings (SSSR count). The van der Waals surface area contributed by atoms with Gasteiger partial charge in [-0.3, -0.25) is 0 Å². The third-order valence-electron chi connectivity index (χ3n) is 3.14. The van der Waals surface area contributed by atoms with Gasteiger partial charge in [-0.15, -0.1) is 20.4 Å². The number of hydrogen-bond acceptors (Lipinski definition) is 6. The second-order valence-corrected chi connectivity index (χ2v) is 6.44. The predicted molar refractivity (Wildman–Crippen MR) is 134 cm³/mol. The molecule has 0 bridgehead atoms. The summed E-state index contributed by atoms with van der Waals surface area (Å²) in [4.78, 5) is 1.47. The molecule has 9 nitrogen and oxygen atoms in total. The van der Waals surface area contributed by atoms with Gasteiger partial charge in [-0.1, -0.05) is 76.5 Å². The Morgan fingerprint density at radius 3 is 1.45 bits per heavy atom. The van der Waals surface area contributed by atoms with Gasteiger partial charge in [0.1, 0.15) is 0 Å². The quantitative estimate of drug-likeness (QED) is 0.512. The lowest BCUT2D eigenvalue weighted by Crippen LogP contribution is -1.94. The van der Waals surface area contributed by atoms with Crippen LogP contribution >= 0.6 is 0 Å². The summed E-state index contributed by atoms with van der Waals surface area (Å²) >= 11 is 0. The summed E-state index contributed by atoms with van der Waals surface area (Å²) < 4.78 is 2.17. The molecular weight excluding hydrogens is 390 g/mol. The number of rotatable bonds is 3. The van der Waals surface area contributed by atoms with Gasteiger partial charge in [-0.25, -0.2) is 0 Å². The number of tetrazole rings is 2. The zero-order valence-corrected chi connectivity index (χ0v) is 18.1. The van der Waals surface area contributed by atoms with Gasteiger partial charge in [0.25, 0.3) is 0 Å². The minimum atomic E-state index is 0. The molecule has 0 unspecified atom stereocenters. The van der Waals surface area contributed by atoms with Crippen LogP contribution in [0.5, 0.6) is 0 Å². The fourth-order valence-electron chi connectivity index (χ4n) is 1.64. The van der Waals surface area contributed by atoms with E-state index in [-0.39, 0.29) is 29.7 Å². The van der Waals surface area contributed by atoms with Gasteiger partial charge in [0.05, 0.1) is 7.05 Å². The zero-order chi connectivity index (χ0) is 20.8. The third kappa shape index (κ3) is 16.9. The van der Waals surface area contributed by atoms with Crippen LogP contribution in [0.4, 0.5) is 0 Å². The van der Waals surface area contributed by atoms with Crippen molar-refractivity contribution in [2.45, 2.75) is 103 Å². The molecule has 3 aromatic heterocycles. The molecule has 184 valence electrons. The van der Waals surface area contributed by atoms with E-state index < -0.39 is 0 Å². The number of nitrogens with zero attached hydrogens (tertiary/aromatic N) is 8. The third-order valence-corrected chi connectivity index (χ3v) is 3.14. The Labute approximate surface area is 192 Å². The molecule has 1 N–H and O–H groups in total. The summed E-state index contributed by atoms with van der Waals surface area (Å²) in [6.07, 6.45) is 4.15. The Bertz CT molecular complexity index is 631. The van der Waals surface area contributed by atoms with Crippen molar-refractivity contribution in [3.05, 3.63) is 36.2 Å². The van der Waals surface area contributed by atoms with Crippen LogP contribution in [0.1, 0.15) is 115 Å². The van der Waals surface area contributed by atoms with Crippen molar-refractivity contribution in [3.8, 4) is 0 Å². The zero-order valence-electron chi connectivity index (χ0n) is 18.1. The highest BCUT2D eigenvalue weighted by Crippen LogP contribution is 2.04. The summed E-state index contributed by atoms with van der Waals surface area (Å²) in [7, 11) is 1.76. The maximum Gasteiger partial charge on any atom is 0.177 e. The highest BCUT2D eigenvalue weighted by molar-refractivity contribution is 4.91. The van der Waals surface area contributed by atoms with Crippen molar-refractivity contribution in [2.75, 3.05) is 0 Å². The lowest BCUT2D eigenvalue weighted by Gasteiger charge is -2.03. The number of hydrogen-bond donors (Lipinski definition) is 1. The van der Waals surface area contributed by atoms with Crippen molar-refractivity contribution in [2.24, 2.45) is 7.05 Å². The molecule has 0 radical (unpaired) electrons. The highest BCUT2D eigenvalue weighted by Gasteiger charge is 2.03. The van der Waals surface area contributed by atoms with Gasteiger partial charge < -0.3 is 4.57 Å². The fraction of sp³-hybridized carbons (Fsp3) is 0.727.